The van der Waals surface area contributed by atoms with Crippen molar-refractivity contribution in [3.8, 4) is 0 Å². The second-order valence-electron chi connectivity index (χ2n) is 5.31. The molecule has 1 aliphatic rings. The number of hydrogen-bond acceptors (Lipinski definition) is 2. The zero-order valence-electron chi connectivity index (χ0n) is 10.8. The Kier molecular flexibility index (Phi) is 3.63. The second kappa shape index (κ2) is 5.01. The molecular formula is C15H21NO. The number of nitrogens with zero attached hydrogens (tertiary/aromatic N) is 1. The molecule has 1 heterocycles. The zero-order chi connectivity index (χ0) is 12.3. The first-order chi connectivity index (χ1) is 8.10. The van der Waals surface area contributed by atoms with Gasteiger partial charge >= 0.3 is 0 Å². The van der Waals surface area contributed by atoms with Gasteiger partial charge in [-0.15, -0.1) is 0 Å². The van der Waals surface area contributed by atoms with Crippen molar-refractivity contribution >= 4 is 5.78 Å². The van der Waals surface area contributed by atoms with Crippen molar-refractivity contribution in [1.82, 2.24) is 4.90 Å². The topological polar surface area (TPSA) is 20.3 Å². The summed E-state index contributed by atoms with van der Waals surface area (Å²) < 4.78 is 0. The highest BCUT2D eigenvalue weighted by Gasteiger charge is 2.36. The van der Waals surface area contributed by atoms with Crippen molar-refractivity contribution < 1.29 is 4.79 Å². The maximum atomic E-state index is 11.9. The van der Waals surface area contributed by atoms with E-state index in [4.69, 9.17) is 0 Å². The lowest BCUT2D eigenvalue weighted by atomic mass is 9.88. The van der Waals surface area contributed by atoms with Gasteiger partial charge in [0.2, 0.25) is 0 Å². The molecule has 2 heteroatoms. The molecule has 2 nitrogen and oxygen atoms in total. The molecule has 0 aromatic heterocycles. The number of rotatable bonds is 3. The minimum Gasteiger partial charge on any atom is -0.298 e. The monoisotopic (exact) mass is 231 g/mol. The van der Waals surface area contributed by atoms with Crippen molar-refractivity contribution in [3.63, 3.8) is 0 Å². The molecule has 1 aromatic carbocycles. The van der Waals surface area contributed by atoms with Gasteiger partial charge in [-0.1, -0.05) is 30.3 Å². The van der Waals surface area contributed by atoms with Crippen LogP contribution < -0.4 is 0 Å². The number of Topliss-reactive ketones (excluding diaryl/α,β-unsaturated/α-hetero) is 1. The van der Waals surface area contributed by atoms with Gasteiger partial charge in [0.15, 0.2) is 5.78 Å². The van der Waals surface area contributed by atoms with Crippen molar-refractivity contribution in [2.45, 2.75) is 38.6 Å². The molecule has 1 saturated heterocycles. The first kappa shape index (κ1) is 12.3. The van der Waals surface area contributed by atoms with Gasteiger partial charge in [-0.25, -0.2) is 0 Å². The van der Waals surface area contributed by atoms with E-state index in [2.05, 4.69) is 43.0 Å². The minimum atomic E-state index is -0.271. The highest BCUT2D eigenvalue weighted by Crippen LogP contribution is 2.24. The molecule has 92 valence electrons. The molecule has 2 rings (SSSR count). The normalized spacial score (nSPS) is 20.5. The predicted molar refractivity (Wildman–Crippen MR) is 70.0 cm³/mol. The van der Waals surface area contributed by atoms with E-state index in [9.17, 15) is 4.79 Å². The van der Waals surface area contributed by atoms with E-state index in [0.717, 1.165) is 32.4 Å². The highest BCUT2D eigenvalue weighted by molar-refractivity contribution is 5.88. The van der Waals surface area contributed by atoms with Gasteiger partial charge in [0.25, 0.3) is 0 Å². The average molecular weight is 231 g/mol. The third kappa shape index (κ3) is 2.75. The average Bonchev–Trinajstić information content (AvgIpc) is 2.32. The Balaban J connectivity index is 1.97. The molecule has 0 aliphatic carbocycles. The smallest absolute Gasteiger partial charge is 0.152 e. The molecule has 0 atom stereocenters. The van der Waals surface area contributed by atoms with Crippen molar-refractivity contribution in [1.29, 1.82) is 0 Å². The third-order valence-electron chi connectivity index (χ3n) is 3.82. The molecule has 0 unspecified atom stereocenters. The summed E-state index contributed by atoms with van der Waals surface area (Å²) in [5, 5.41) is 0. The van der Waals surface area contributed by atoms with E-state index >= 15 is 0 Å². The Bertz CT molecular complexity index is 383. The fourth-order valence-electron chi connectivity index (χ4n) is 2.49. The lowest BCUT2D eigenvalue weighted by Crippen LogP contribution is -2.54. The van der Waals surface area contributed by atoms with Crippen LogP contribution in [-0.4, -0.2) is 29.3 Å². The van der Waals surface area contributed by atoms with Crippen LogP contribution in [0, 0.1) is 0 Å². The van der Waals surface area contributed by atoms with Crippen molar-refractivity contribution in [2.75, 3.05) is 13.1 Å². The fourth-order valence-corrected chi connectivity index (χ4v) is 2.49. The van der Waals surface area contributed by atoms with Gasteiger partial charge < -0.3 is 0 Å². The van der Waals surface area contributed by atoms with Crippen molar-refractivity contribution in [2.24, 2.45) is 0 Å². The summed E-state index contributed by atoms with van der Waals surface area (Å²) in [7, 11) is 0. The number of likely N-dealkylation sites (tertiary alicyclic amines) is 1. The molecule has 1 fully saturated rings. The van der Waals surface area contributed by atoms with Crippen molar-refractivity contribution in [3.05, 3.63) is 35.9 Å². The number of hydrogen-bond donors (Lipinski definition) is 0. The Morgan fingerprint density at radius 2 is 1.94 bits per heavy atom. The summed E-state index contributed by atoms with van der Waals surface area (Å²) in [6.45, 7) is 6.13. The summed E-state index contributed by atoms with van der Waals surface area (Å²) in [6.07, 6.45) is 2.78. The first-order valence-electron chi connectivity index (χ1n) is 6.43. The van der Waals surface area contributed by atoms with Crippen LogP contribution in [0.5, 0.6) is 0 Å². The molecular weight excluding hydrogens is 210 g/mol. The van der Waals surface area contributed by atoms with Gasteiger partial charge in [-0.2, -0.15) is 0 Å². The molecule has 0 spiro atoms. The van der Waals surface area contributed by atoms with Crippen LogP contribution in [0.15, 0.2) is 30.3 Å². The van der Waals surface area contributed by atoms with Gasteiger partial charge in [-0.05, 0) is 38.8 Å². The number of benzene rings is 1. The van der Waals surface area contributed by atoms with E-state index in [1.54, 1.807) is 0 Å². The molecule has 0 radical (unpaired) electrons. The highest BCUT2D eigenvalue weighted by atomic mass is 16.1. The van der Waals surface area contributed by atoms with Crippen LogP contribution in [0.4, 0.5) is 0 Å². The first-order valence-corrected chi connectivity index (χ1v) is 6.43. The molecule has 0 bridgehead atoms. The van der Waals surface area contributed by atoms with Crippen LogP contribution in [0.3, 0.4) is 0 Å². The van der Waals surface area contributed by atoms with Gasteiger partial charge in [0.05, 0.1) is 5.54 Å². The van der Waals surface area contributed by atoms with Gasteiger partial charge in [0, 0.05) is 13.0 Å². The molecule has 0 N–H and O–H groups in total. The largest absolute Gasteiger partial charge is 0.298 e. The Labute approximate surface area is 104 Å². The van der Waals surface area contributed by atoms with E-state index < -0.39 is 0 Å². The number of carbonyl (C=O) groups is 1. The molecule has 1 aromatic rings. The quantitative estimate of drug-likeness (QED) is 0.797. The van der Waals surface area contributed by atoms with Crippen LogP contribution in [0.25, 0.3) is 0 Å². The van der Waals surface area contributed by atoms with Crippen LogP contribution in [0.2, 0.25) is 0 Å². The van der Waals surface area contributed by atoms with E-state index in [0.29, 0.717) is 5.78 Å². The lowest BCUT2D eigenvalue weighted by molar-refractivity contribution is -0.132. The van der Waals surface area contributed by atoms with Gasteiger partial charge in [0.1, 0.15) is 0 Å². The number of piperidine rings is 1. The molecule has 0 saturated carbocycles. The van der Waals surface area contributed by atoms with E-state index in [1.807, 2.05) is 6.07 Å². The standard InChI is InChI=1S/C15H21NO/c1-15(2)14(17)9-6-11-16(15)12-10-13-7-4-3-5-8-13/h3-5,7-8H,6,9-12H2,1-2H3. The molecule has 0 amide bonds. The number of ketones is 1. The van der Waals surface area contributed by atoms with E-state index in [1.165, 1.54) is 5.56 Å². The Morgan fingerprint density at radius 3 is 2.65 bits per heavy atom. The third-order valence-corrected chi connectivity index (χ3v) is 3.82. The Morgan fingerprint density at radius 1 is 1.24 bits per heavy atom. The predicted octanol–water partition coefficient (Wildman–Crippen LogP) is 2.67. The lowest BCUT2D eigenvalue weighted by Gasteiger charge is -2.41. The minimum absolute atomic E-state index is 0.271. The van der Waals surface area contributed by atoms with Crippen LogP contribution in [-0.2, 0) is 11.2 Å². The maximum Gasteiger partial charge on any atom is 0.152 e. The molecule has 1 aliphatic heterocycles. The fraction of sp³-hybridized carbons (Fsp3) is 0.533. The van der Waals surface area contributed by atoms with Crippen LogP contribution in [0.1, 0.15) is 32.3 Å². The Hall–Kier alpha value is -1.15. The molecule has 17 heavy (non-hydrogen) atoms. The van der Waals surface area contributed by atoms with E-state index in [-0.39, 0.29) is 5.54 Å². The maximum absolute atomic E-state index is 11.9. The number of carbonyl (C=O) groups excluding carboxylic acids is 1. The van der Waals surface area contributed by atoms with Gasteiger partial charge in [-0.3, -0.25) is 9.69 Å². The summed E-state index contributed by atoms with van der Waals surface area (Å²) >= 11 is 0. The summed E-state index contributed by atoms with van der Waals surface area (Å²) in [4.78, 5) is 14.2. The summed E-state index contributed by atoms with van der Waals surface area (Å²) in [5.74, 6) is 0.386. The zero-order valence-corrected chi connectivity index (χ0v) is 10.8. The summed E-state index contributed by atoms with van der Waals surface area (Å²) in [5.41, 5.74) is 1.08. The summed E-state index contributed by atoms with van der Waals surface area (Å²) in [6, 6.07) is 10.5. The second-order valence-corrected chi connectivity index (χ2v) is 5.31. The van der Waals surface area contributed by atoms with Crippen LogP contribution >= 0.6 is 0 Å². The SMILES string of the molecule is CC1(C)C(=O)CCCN1CCc1ccccc1.